The minimum Gasteiger partial charge on any atom is -0.493 e. The SMILES string of the molecule is CC12CCC(CCOc3ccc4ccccc4c3)(O1)C1C(=O)N(c3ccc4ccccc4c3C#N)C(=O)C12. The van der Waals surface area contributed by atoms with Crippen LogP contribution in [0.3, 0.4) is 0 Å². The Morgan fingerprint density at radius 1 is 0.921 bits per heavy atom. The van der Waals surface area contributed by atoms with Gasteiger partial charge in [-0.15, -0.1) is 0 Å². The highest BCUT2D eigenvalue weighted by atomic mass is 16.5. The Balaban J connectivity index is 1.19. The lowest BCUT2D eigenvalue weighted by Crippen LogP contribution is -2.43. The monoisotopic (exact) mass is 502 g/mol. The van der Waals surface area contributed by atoms with Crippen molar-refractivity contribution in [3.05, 3.63) is 84.4 Å². The largest absolute Gasteiger partial charge is 0.493 e. The second kappa shape index (κ2) is 8.14. The highest BCUT2D eigenvalue weighted by molar-refractivity contribution is 6.24. The molecule has 2 amide bonds. The number of hydrogen-bond acceptors (Lipinski definition) is 5. The van der Waals surface area contributed by atoms with Gasteiger partial charge in [-0.2, -0.15) is 5.26 Å². The molecule has 3 saturated heterocycles. The maximum absolute atomic E-state index is 14.0. The number of carbonyl (C=O) groups excluding carboxylic acids is 2. The highest BCUT2D eigenvalue weighted by Gasteiger charge is 2.74. The average molecular weight is 503 g/mol. The van der Waals surface area contributed by atoms with E-state index in [1.54, 1.807) is 6.07 Å². The van der Waals surface area contributed by atoms with Crippen molar-refractivity contribution in [2.45, 2.75) is 37.4 Å². The Hall–Kier alpha value is -4.21. The summed E-state index contributed by atoms with van der Waals surface area (Å²) >= 11 is 0. The molecule has 38 heavy (non-hydrogen) atoms. The smallest absolute Gasteiger partial charge is 0.240 e. The number of anilines is 1. The molecule has 4 aromatic carbocycles. The fourth-order valence-corrected chi connectivity index (χ4v) is 7.01. The van der Waals surface area contributed by atoms with Crippen molar-refractivity contribution in [2.24, 2.45) is 11.8 Å². The van der Waals surface area contributed by atoms with Gasteiger partial charge in [-0.05, 0) is 54.1 Å². The summed E-state index contributed by atoms with van der Waals surface area (Å²) in [6.45, 7) is 2.32. The molecule has 3 heterocycles. The number of rotatable bonds is 5. The zero-order valence-corrected chi connectivity index (χ0v) is 21.0. The third-order valence-corrected chi connectivity index (χ3v) is 8.79. The molecule has 3 aliphatic heterocycles. The lowest BCUT2D eigenvalue weighted by atomic mass is 9.67. The van der Waals surface area contributed by atoms with Gasteiger partial charge < -0.3 is 9.47 Å². The van der Waals surface area contributed by atoms with Gasteiger partial charge in [0.05, 0.1) is 40.9 Å². The van der Waals surface area contributed by atoms with E-state index in [-0.39, 0.29) is 11.8 Å². The van der Waals surface area contributed by atoms with Crippen LogP contribution in [0.2, 0.25) is 0 Å². The van der Waals surface area contributed by atoms with E-state index in [0.717, 1.165) is 27.3 Å². The van der Waals surface area contributed by atoms with Crippen molar-refractivity contribution in [3.8, 4) is 11.8 Å². The van der Waals surface area contributed by atoms with Crippen LogP contribution in [0.25, 0.3) is 21.5 Å². The van der Waals surface area contributed by atoms with Crippen molar-refractivity contribution in [2.75, 3.05) is 11.5 Å². The zero-order chi connectivity index (χ0) is 26.1. The first-order valence-electron chi connectivity index (χ1n) is 13.1. The predicted octanol–water partition coefficient (Wildman–Crippen LogP) is 5.76. The zero-order valence-electron chi connectivity index (χ0n) is 21.0. The van der Waals surface area contributed by atoms with Gasteiger partial charge in [0.1, 0.15) is 11.8 Å². The fourth-order valence-electron chi connectivity index (χ4n) is 7.01. The van der Waals surface area contributed by atoms with Crippen LogP contribution in [0.5, 0.6) is 5.75 Å². The molecule has 0 aliphatic carbocycles. The molecule has 4 atom stereocenters. The molecular formula is C32H26N2O4. The first kappa shape index (κ1) is 22.9. The summed E-state index contributed by atoms with van der Waals surface area (Å²) < 4.78 is 12.7. The lowest BCUT2D eigenvalue weighted by Gasteiger charge is -2.31. The molecule has 4 aromatic rings. The molecular weight excluding hydrogens is 476 g/mol. The summed E-state index contributed by atoms with van der Waals surface area (Å²) in [6.07, 6.45) is 1.91. The van der Waals surface area contributed by atoms with Crippen molar-refractivity contribution in [1.29, 1.82) is 5.26 Å². The maximum Gasteiger partial charge on any atom is 0.240 e. The van der Waals surface area contributed by atoms with Crippen molar-refractivity contribution >= 4 is 39.0 Å². The second-order valence-corrected chi connectivity index (χ2v) is 10.8. The van der Waals surface area contributed by atoms with Crippen molar-refractivity contribution < 1.29 is 19.1 Å². The van der Waals surface area contributed by atoms with Crippen LogP contribution in [0.4, 0.5) is 5.69 Å². The van der Waals surface area contributed by atoms with Crippen LogP contribution in [0.15, 0.2) is 78.9 Å². The molecule has 0 aromatic heterocycles. The standard InChI is InChI=1S/C32H26N2O4/c1-31-14-15-32(38-31,16-17-37-23-12-10-20-6-2-3-8-22(20)18-23)28-27(31)29(35)34(30(28)36)26-13-11-21-7-4-5-9-24(21)25(26)19-33/h2-13,18,27-28H,14-17H2,1H3. The molecule has 188 valence electrons. The van der Waals surface area contributed by atoms with E-state index in [0.29, 0.717) is 37.1 Å². The Kier molecular flexibility index (Phi) is 4.92. The number of fused-ring (bicyclic) bond motifs is 7. The first-order valence-corrected chi connectivity index (χ1v) is 13.1. The van der Waals surface area contributed by atoms with Crippen LogP contribution in [-0.2, 0) is 14.3 Å². The molecule has 0 N–H and O–H groups in total. The quantitative estimate of drug-likeness (QED) is 0.324. The van der Waals surface area contributed by atoms with E-state index >= 15 is 0 Å². The number of amides is 2. The van der Waals surface area contributed by atoms with Crippen LogP contribution >= 0.6 is 0 Å². The van der Waals surface area contributed by atoms with Gasteiger partial charge in [-0.1, -0.05) is 60.7 Å². The molecule has 0 saturated carbocycles. The van der Waals surface area contributed by atoms with E-state index in [2.05, 4.69) is 12.1 Å². The van der Waals surface area contributed by atoms with E-state index in [9.17, 15) is 14.9 Å². The summed E-state index contributed by atoms with van der Waals surface area (Å²) in [4.78, 5) is 29.1. The number of ether oxygens (including phenoxy) is 2. The van der Waals surface area contributed by atoms with Gasteiger partial charge in [-0.25, -0.2) is 4.90 Å². The molecule has 3 aliphatic rings. The highest BCUT2D eigenvalue weighted by Crippen LogP contribution is 2.62. The minimum absolute atomic E-state index is 0.272. The fraction of sp³-hybridized carbons (Fsp3) is 0.281. The van der Waals surface area contributed by atoms with Gasteiger partial charge in [0.15, 0.2) is 0 Å². The second-order valence-electron chi connectivity index (χ2n) is 10.8. The molecule has 4 unspecified atom stereocenters. The van der Waals surface area contributed by atoms with E-state index in [4.69, 9.17) is 9.47 Å². The van der Waals surface area contributed by atoms with Crippen LogP contribution in [-0.4, -0.2) is 29.6 Å². The molecule has 6 nitrogen and oxygen atoms in total. The topological polar surface area (TPSA) is 79.6 Å². The van der Waals surface area contributed by atoms with Crippen molar-refractivity contribution in [3.63, 3.8) is 0 Å². The van der Waals surface area contributed by atoms with E-state index in [1.807, 2.05) is 73.7 Å². The maximum atomic E-state index is 14.0. The Labute approximate surface area is 220 Å². The Morgan fingerprint density at radius 2 is 1.63 bits per heavy atom. The number of nitrogens with zero attached hydrogens (tertiary/aromatic N) is 2. The third kappa shape index (κ3) is 3.15. The van der Waals surface area contributed by atoms with Gasteiger partial charge in [0.2, 0.25) is 11.8 Å². The number of imide groups is 1. The van der Waals surface area contributed by atoms with Gasteiger partial charge in [0, 0.05) is 11.8 Å². The number of benzene rings is 4. The predicted molar refractivity (Wildman–Crippen MR) is 144 cm³/mol. The van der Waals surface area contributed by atoms with E-state index in [1.165, 1.54) is 4.90 Å². The molecule has 0 radical (unpaired) electrons. The number of nitriles is 1. The normalized spacial score (nSPS) is 27.7. The molecule has 3 fully saturated rings. The van der Waals surface area contributed by atoms with Crippen molar-refractivity contribution in [1.82, 2.24) is 0 Å². The number of hydrogen-bond donors (Lipinski definition) is 0. The Morgan fingerprint density at radius 3 is 2.45 bits per heavy atom. The van der Waals surface area contributed by atoms with Crippen LogP contribution in [0, 0.1) is 23.2 Å². The number of carbonyl (C=O) groups is 2. The molecule has 6 heteroatoms. The average Bonchev–Trinajstić information content (AvgIpc) is 3.52. The summed E-state index contributed by atoms with van der Waals surface area (Å²) in [5, 5.41) is 13.9. The summed E-state index contributed by atoms with van der Waals surface area (Å²) in [7, 11) is 0. The molecule has 7 rings (SSSR count). The third-order valence-electron chi connectivity index (χ3n) is 8.79. The summed E-state index contributed by atoms with van der Waals surface area (Å²) in [5.74, 6) is -0.942. The van der Waals surface area contributed by atoms with E-state index < -0.39 is 23.0 Å². The minimum atomic E-state index is -0.762. The van der Waals surface area contributed by atoms with Gasteiger partial charge in [-0.3, -0.25) is 9.59 Å². The Bertz CT molecular complexity index is 1690. The van der Waals surface area contributed by atoms with Crippen LogP contribution < -0.4 is 9.64 Å². The molecule has 0 spiro atoms. The lowest BCUT2D eigenvalue weighted by molar-refractivity contribution is -0.131. The summed E-state index contributed by atoms with van der Waals surface area (Å²) in [5.41, 5.74) is -0.766. The molecule has 2 bridgehead atoms. The van der Waals surface area contributed by atoms with Gasteiger partial charge in [0.25, 0.3) is 0 Å². The summed E-state index contributed by atoms with van der Waals surface area (Å²) in [6, 6.07) is 27.5. The first-order chi connectivity index (χ1) is 18.4. The van der Waals surface area contributed by atoms with Crippen LogP contribution in [0.1, 0.15) is 31.7 Å². The van der Waals surface area contributed by atoms with Gasteiger partial charge >= 0.3 is 0 Å².